The lowest BCUT2D eigenvalue weighted by Crippen LogP contribution is -2.64. The van der Waals surface area contributed by atoms with Gasteiger partial charge in [0.1, 0.15) is 6.10 Å². The van der Waals surface area contributed by atoms with Gasteiger partial charge in [-0.15, -0.1) is 0 Å². The summed E-state index contributed by atoms with van der Waals surface area (Å²) in [5.74, 6) is -1.53. The molecular formula is C18H28O8. The summed E-state index contributed by atoms with van der Waals surface area (Å²) >= 11 is 0. The molecule has 0 spiro atoms. The molecule has 1 aliphatic heterocycles. The van der Waals surface area contributed by atoms with Crippen molar-refractivity contribution in [3.05, 3.63) is 11.1 Å². The van der Waals surface area contributed by atoms with Crippen molar-refractivity contribution in [2.45, 2.75) is 68.4 Å². The Morgan fingerprint density at radius 1 is 1.08 bits per heavy atom. The van der Waals surface area contributed by atoms with Crippen LogP contribution in [0.2, 0.25) is 0 Å². The van der Waals surface area contributed by atoms with Crippen molar-refractivity contribution in [3.63, 3.8) is 0 Å². The second-order valence-electron chi connectivity index (χ2n) is 7.94. The Kier molecular flexibility index (Phi) is 4.54. The molecule has 8 heteroatoms. The molecule has 6 unspecified atom stereocenters. The molecule has 2 fully saturated rings. The Bertz CT molecular complexity index is 639. The predicted molar refractivity (Wildman–Crippen MR) is 89.3 cm³/mol. The van der Waals surface area contributed by atoms with Crippen LogP contribution < -0.4 is 0 Å². The van der Waals surface area contributed by atoms with Crippen molar-refractivity contribution in [2.75, 3.05) is 21.3 Å². The molecule has 1 saturated heterocycles. The first-order chi connectivity index (χ1) is 12.0. The summed E-state index contributed by atoms with van der Waals surface area (Å²) in [7, 11) is 4.41. The number of rotatable bonds is 3. The number of carbonyl (C=O) groups is 1. The van der Waals surface area contributed by atoms with Crippen LogP contribution in [0.15, 0.2) is 11.1 Å². The van der Waals surface area contributed by atoms with Crippen LogP contribution in [0.3, 0.4) is 0 Å². The van der Waals surface area contributed by atoms with Crippen molar-refractivity contribution in [3.8, 4) is 0 Å². The van der Waals surface area contributed by atoms with Crippen molar-refractivity contribution in [2.24, 2.45) is 5.92 Å². The van der Waals surface area contributed by atoms with Crippen LogP contribution in [0.25, 0.3) is 0 Å². The fourth-order valence-corrected chi connectivity index (χ4v) is 5.07. The first-order valence-electron chi connectivity index (χ1n) is 8.66. The number of carbonyl (C=O) groups excluding carboxylic acids is 1. The molecule has 0 aromatic heterocycles. The van der Waals surface area contributed by atoms with E-state index >= 15 is 0 Å². The van der Waals surface area contributed by atoms with E-state index in [-0.39, 0.29) is 6.42 Å². The zero-order valence-electron chi connectivity index (χ0n) is 16.0. The molecule has 1 heterocycles. The summed E-state index contributed by atoms with van der Waals surface area (Å²) < 4.78 is 22.1. The number of hydrogen-bond acceptors (Lipinski definition) is 8. The lowest BCUT2D eigenvalue weighted by atomic mass is 9.75. The first-order valence-corrected chi connectivity index (χ1v) is 8.66. The van der Waals surface area contributed by atoms with Gasteiger partial charge in [0.15, 0.2) is 17.3 Å². The topological polar surface area (TPSA) is 115 Å². The molecular weight excluding hydrogens is 344 g/mol. The summed E-state index contributed by atoms with van der Waals surface area (Å²) in [6, 6.07) is 0. The molecule has 3 N–H and O–H groups in total. The molecule has 8 atom stereocenters. The van der Waals surface area contributed by atoms with E-state index in [0.29, 0.717) is 11.1 Å². The van der Waals surface area contributed by atoms with Crippen LogP contribution in [0.5, 0.6) is 0 Å². The maximum atomic E-state index is 12.4. The Hall–Kier alpha value is -1.03. The van der Waals surface area contributed by atoms with E-state index in [4.69, 9.17) is 18.9 Å². The molecule has 2 aliphatic carbocycles. The number of methoxy groups -OCH3 is 3. The summed E-state index contributed by atoms with van der Waals surface area (Å²) in [6.45, 7) is 4.63. The third kappa shape index (κ3) is 2.20. The molecule has 0 amide bonds. The number of hydrogen-bond donors (Lipinski definition) is 3. The molecule has 3 aliphatic rings. The molecule has 0 bridgehead atoms. The van der Waals surface area contributed by atoms with Gasteiger partial charge >= 0.3 is 5.97 Å². The number of fused-ring (bicyclic) bond motifs is 3. The second kappa shape index (κ2) is 5.98. The van der Waals surface area contributed by atoms with E-state index in [2.05, 4.69) is 0 Å². The van der Waals surface area contributed by atoms with Crippen LogP contribution >= 0.6 is 0 Å². The summed E-state index contributed by atoms with van der Waals surface area (Å²) in [6.07, 6.45) is -3.24. The van der Waals surface area contributed by atoms with E-state index in [1.54, 1.807) is 13.8 Å². The second-order valence-corrected chi connectivity index (χ2v) is 7.94. The Morgan fingerprint density at radius 3 is 2.19 bits per heavy atom. The highest BCUT2D eigenvalue weighted by atomic mass is 16.6. The molecule has 26 heavy (non-hydrogen) atoms. The maximum Gasteiger partial charge on any atom is 0.341 e. The zero-order valence-corrected chi connectivity index (χ0v) is 16.0. The van der Waals surface area contributed by atoms with E-state index < -0.39 is 53.1 Å². The normalized spacial score (nSPS) is 51.1. The lowest BCUT2D eigenvalue weighted by Gasteiger charge is -2.40. The van der Waals surface area contributed by atoms with Crippen molar-refractivity contribution >= 4 is 5.97 Å². The summed E-state index contributed by atoms with van der Waals surface area (Å²) in [5, 5.41) is 33.6. The van der Waals surface area contributed by atoms with Crippen molar-refractivity contribution in [1.82, 2.24) is 0 Å². The van der Waals surface area contributed by atoms with Gasteiger partial charge in [-0.2, -0.15) is 0 Å². The standard InChI is InChI=1S/C18H28O8/c1-8-10-11(13(25-6)12(8)24-5)16(2,20)7-9(23-4)18(22)14(10)26-15(19)17(18,3)21/h9,11-14,20-22H,7H2,1-6H3/t9?,11?,12?,13?,14?,16-,17+,18?/m0/s1. The quantitative estimate of drug-likeness (QED) is 0.450. The monoisotopic (exact) mass is 372 g/mol. The van der Waals surface area contributed by atoms with E-state index in [0.717, 1.165) is 0 Å². The zero-order chi connectivity index (χ0) is 19.7. The van der Waals surface area contributed by atoms with Gasteiger partial charge in [-0.25, -0.2) is 4.79 Å². The molecule has 8 nitrogen and oxygen atoms in total. The Labute approximate surface area is 152 Å². The molecule has 3 rings (SSSR count). The SMILES string of the molecule is COC1C(C)=C2C3OC(=O)[C@@](C)(O)C3(O)C(OC)C[C@](C)(O)C2C1OC. The van der Waals surface area contributed by atoms with Crippen LogP contribution in [0, 0.1) is 5.92 Å². The van der Waals surface area contributed by atoms with E-state index in [1.165, 1.54) is 28.3 Å². The third-order valence-corrected chi connectivity index (χ3v) is 6.50. The molecule has 0 radical (unpaired) electrons. The number of esters is 1. The molecule has 148 valence electrons. The largest absolute Gasteiger partial charge is 0.452 e. The lowest BCUT2D eigenvalue weighted by molar-refractivity contribution is -0.198. The van der Waals surface area contributed by atoms with E-state index in [1.807, 2.05) is 0 Å². The summed E-state index contributed by atoms with van der Waals surface area (Å²) in [5.41, 5.74) is -4.38. The predicted octanol–water partition coefficient (Wildman–Crippen LogP) is -0.460. The summed E-state index contributed by atoms with van der Waals surface area (Å²) in [4.78, 5) is 12.4. The number of ether oxygens (including phenoxy) is 4. The smallest absolute Gasteiger partial charge is 0.341 e. The van der Waals surface area contributed by atoms with Gasteiger partial charge in [-0.1, -0.05) is 0 Å². The van der Waals surface area contributed by atoms with Gasteiger partial charge < -0.3 is 34.3 Å². The highest BCUT2D eigenvalue weighted by Crippen LogP contribution is 2.56. The average molecular weight is 372 g/mol. The first kappa shape index (κ1) is 19.7. The molecule has 0 aromatic rings. The van der Waals surface area contributed by atoms with Gasteiger partial charge in [0, 0.05) is 33.7 Å². The number of aliphatic hydroxyl groups is 3. The minimum Gasteiger partial charge on any atom is -0.452 e. The third-order valence-electron chi connectivity index (χ3n) is 6.50. The molecule has 1 saturated carbocycles. The average Bonchev–Trinajstić information content (AvgIpc) is 2.93. The van der Waals surface area contributed by atoms with Crippen LogP contribution in [0.4, 0.5) is 0 Å². The van der Waals surface area contributed by atoms with Gasteiger partial charge in [0.25, 0.3) is 0 Å². The van der Waals surface area contributed by atoms with Crippen molar-refractivity contribution in [1.29, 1.82) is 0 Å². The minimum absolute atomic E-state index is 0.0268. The van der Waals surface area contributed by atoms with Gasteiger partial charge in [0.2, 0.25) is 0 Å². The Morgan fingerprint density at radius 2 is 1.69 bits per heavy atom. The van der Waals surface area contributed by atoms with Crippen LogP contribution in [0.1, 0.15) is 27.2 Å². The van der Waals surface area contributed by atoms with E-state index in [9.17, 15) is 20.1 Å². The fourth-order valence-electron chi connectivity index (χ4n) is 5.07. The maximum absolute atomic E-state index is 12.4. The van der Waals surface area contributed by atoms with Gasteiger partial charge in [-0.05, 0) is 31.9 Å². The minimum atomic E-state index is -2.19. The van der Waals surface area contributed by atoms with Crippen LogP contribution in [-0.4, -0.2) is 83.8 Å². The Balaban J connectivity index is 2.27. The highest BCUT2D eigenvalue weighted by molar-refractivity contribution is 5.85. The fraction of sp³-hybridized carbons (Fsp3) is 0.833. The highest BCUT2D eigenvalue weighted by Gasteiger charge is 2.74. The molecule has 0 aromatic carbocycles. The van der Waals surface area contributed by atoms with Gasteiger partial charge in [-0.3, -0.25) is 0 Å². The van der Waals surface area contributed by atoms with Crippen molar-refractivity contribution < 1.29 is 39.1 Å². The van der Waals surface area contributed by atoms with Crippen LogP contribution in [-0.2, 0) is 23.7 Å². The van der Waals surface area contributed by atoms with Gasteiger partial charge in [0.05, 0.1) is 17.8 Å².